The molecule has 2 unspecified atom stereocenters. The number of nitrogens with zero attached hydrogens (tertiary/aromatic N) is 4. The summed E-state index contributed by atoms with van der Waals surface area (Å²) in [6, 6.07) is 5.92. The third-order valence-electron chi connectivity index (χ3n) is 5.80. The molecule has 0 bridgehead atoms. The summed E-state index contributed by atoms with van der Waals surface area (Å²) in [6.07, 6.45) is 2.94. The van der Waals surface area contributed by atoms with Gasteiger partial charge in [0.2, 0.25) is 0 Å². The van der Waals surface area contributed by atoms with Crippen LogP contribution in [0.15, 0.2) is 30.6 Å². The second-order valence-corrected chi connectivity index (χ2v) is 9.90. The van der Waals surface area contributed by atoms with Crippen LogP contribution in [0.4, 0.5) is 16.3 Å². The number of hydrogen-bond acceptors (Lipinski definition) is 6. The third kappa shape index (κ3) is 5.00. The molecule has 1 N–H and O–H groups in total. The summed E-state index contributed by atoms with van der Waals surface area (Å²) >= 11 is 0. The van der Waals surface area contributed by atoms with E-state index in [0.717, 1.165) is 29.9 Å². The smallest absolute Gasteiger partial charge is 0.410 e. The first-order valence-electron chi connectivity index (χ1n) is 11.0. The first kappa shape index (κ1) is 22.0. The minimum absolute atomic E-state index is 0.247. The Bertz CT molecular complexity index is 998. The standard InChI is InChI=1S/C24H31N5O3/c1-15-6-16(2)8-19(7-15)26-22(30)20-9-25-10-21(27-20)28-11-17-13-29(14-18(17)12-28)23(31)32-24(3,4)5/h6-10,17-18H,11-14H2,1-5H3,(H,26,30). The summed E-state index contributed by atoms with van der Waals surface area (Å²) in [5.41, 5.74) is 2.72. The van der Waals surface area contributed by atoms with Crippen LogP contribution >= 0.6 is 0 Å². The molecule has 3 heterocycles. The van der Waals surface area contributed by atoms with Crippen LogP contribution < -0.4 is 10.2 Å². The Morgan fingerprint density at radius 2 is 1.62 bits per heavy atom. The highest BCUT2D eigenvalue weighted by molar-refractivity contribution is 6.03. The van der Waals surface area contributed by atoms with Crippen molar-refractivity contribution < 1.29 is 14.3 Å². The van der Waals surface area contributed by atoms with E-state index in [1.54, 1.807) is 11.1 Å². The summed E-state index contributed by atoms with van der Waals surface area (Å²) in [7, 11) is 0. The minimum Gasteiger partial charge on any atom is -0.444 e. The van der Waals surface area contributed by atoms with E-state index in [4.69, 9.17) is 4.74 Å². The summed E-state index contributed by atoms with van der Waals surface area (Å²) in [6.45, 7) is 12.5. The quantitative estimate of drug-likeness (QED) is 0.789. The van der Waals surface area contributed by atoms with Gasteiger partial charge in [-0.05, 0) is 57.9 Å². The average Bonchev–Trinajstić information content (AvgIpc) is 3.25. The van der Waals surface area contributed by atoms with Crippen LogP contribution in [0.3, 0.4) is 0 Å². The molecule has 1 aromatic carbocycles. The van der Waals surface area contributed by atoms with Gasteiger partial charge >= 0.3 is 6.09 Å². The van der Waals surface area contributed by atoms with Crippen LogP contribution in [-0.2, 0) is 4.74 Å². The molecule has 4 rings (SSSR count). The predicted octanol–water partition coefficient (Wildman–Crippen LogP) is 3.65. The molecule has 2 atom stereocenters. The van der Waals surface area contributed by atoms with Gasteiger partial charge < -0.3 is 19.9 Å². The number of aryl methyl sites for hydroxylation is 2. The zero-order valence-corrected chi connectivity index (χ0v) is 19.4. The van der Waals surface area contributed by atoms with Gasteiger partial charge in [0, 0.05) is 43.7 Å². The Morgan fingerprint density at radius 1 is 1.00 bits per heavy atom. The van der Waals surface area contributed by atoms with Crippen molar-refractivity contribution in [1.82, 2.24) is 14.9 Å². The fraction of sp³-hybridized carbons (Fsp3) is 0.500. The maximum atomic E-state index is 12.7. The van der Waals surface area contributed by atoms with Gasteiger partial charge in [0.05, 0.1) is 12.4 Å². The van der Waals surface area contributed by atoms with E-state index >= 15 is 0 Å². The summed E-state index contributed by atoms with van der Waals surface area (Å²) in [4.78, 5) is 37.9. The number of carbonyl (C=O) groups is 2. The van der Waals surface area contributed by atoms with E-state index in [1.165, 1.54) is 6.20 Å². The van der Waals surface area contributed by atoms with Gasteiger partial charge in [-0.25, -0.2) is 9.78 Å². The van der Waals surface area contributed by atoms with Gasteiger partial charge in [-0.1, -0.05) is 6.07 Å². The molecular weight excluding hydrogens is 406 g/mol. The molecule has 0 spiro atoms. The van der Waals surface area contributed by atoms with Crippen molar-refractivity contribution in [2.24, 2.45) is 11.8 Å². The van der Waals surface area contributed by atoms with Crippen molar-refractivity contribution in [1.29, 1.82) is 0 Å². The maximum Gasteiger partial charge on any atom is 0.410 e. The molecule has 2 fully saturated rings. The van der Waals surface area contributed by atoms with Crippen LogP contribution in [-0.4, -0.2) is 58.6 Å². The molecule has 2 saturated heterocycles. The van der Waals surface area contributed by atoms with E-state index in [9.17, 15) is 9.59 Å². The molecule has 2 aromatic rings. The van der Waals surface area contributed by atoms with Gasteiger partial charge in [0.15, 0.2) is 0 Å². The Morgan fingerprint density at radius 3 is 2.22 bits per heavy atom. The number of likely N-dealkylation sites (tertiary alicyclic amines) is 1. The number of anilines is 2. The lowest BCUT2D eigenvalue weighted by Crippen LogP contribution is -2.37. The van der Waals surface area contributed by atoms with Crippen molar-refractivity contribution in [3.8, 4) is 0 Å². The number of rotatable bonds is 3. The monoisotopic (exact) mass is 437 g/mol. The summed E-state index contributed by atoms with van der Waals surface area (Å²) < 4.78 is 5.51. The zero-order valence-electron chi connectivity index (χ0n) is 19.4. The van der Waals surface area contributed by atoms with Crippen molar-refractivity contribution >= 4 is 23.5 Å². The van der Waals surface area contributed by atoms with Crippen LogP contribution in [0.25, 0.3) is 0 Å². The fourth-order valence-electron chi connectivity index (χ4n) is 4.52. The molecule has 8 heteroatoms. The topological polar surface area (TPSA) is 87.7 Å². The molecule has 2 amide bonds. The number of nitrogens with one attached hydrogen (secondary N) is 1. The molecule has 0 saturated carbocycles. The highest BCUT2D eigenvalue weighted by Gasteiger charge is 2.43. The molecule has 170 valence electrons. The Balaban J connectivity index is 1.39. The van der Waals surface area contributed by atoms with Crippen molar-refractivity contribution in [3.63, 3.8) is 0 Å². The van der Waals surface area contributed by atoms with Gasteiger partial charge in [-0.2, -0.15) is 0 Å². The van der Waals surface area contributed by atoms with Crippen LogP contribution in [0.5, 0.6) is 0 Å². The van der Waals surface area contributed by atoms with Crippen molar-refractivity contribution in [2.45, 2.75) is 40.2 Å². The van der Waals surface area contributed by atoms with E-state index in [-0.39, 0.29) is 17.7 Å². The lowest BCUT2D eigenvalue weighted by Gasteiger charge is -2.26. The molecule has 0 aliphatic carbocycles. The van der Waals surface area contributed by atoms with Gasteiger partial charge in [0.25, 0.3) is 5.91 Å². The highest BCUT2D eigenvalue weighted by Crippen LogP contribution is 2.33. The Hall–Kier alpha value is -3.16. The second-order valence-electron chi connectivity index (χ2n) is 9.90. The predicted molar refractivity (Wildman–Crippen MR) is 123 cm³/mol. The number of aromatic nitrogens is 2. The van der Waals surface area contributed by atoms with E-state index in [0.29, 0.717) is 30.7 Å². The first-order valence-corrected chi connectivity index (χ1v) is 11.0. The minimum atomic E-state index is -0.492. The highest BCUT2D eigenvalue weighted by atomic mass is 16.6. The van der Waals surface area contributed by atoms with E-state index in [2.05, 4.69) is 26.3 Å². The molecule has 1 aromatic heterocycles. The van der Waals surface area contributed by atoms with Crippen molar-refractivity contribution in [3.05, 3.63) is 47.4 Å². The average molecular weight is 438 g/mol. The normalized spacial score (nSPS) is 20.3. The number of hydrogen-bond donors (Lipinski definition) is 1. The van der Waals surface area contributed by atoms with Crippen LogP contribution in [0.1, 0.15) is 42.4 Å². The van der Waals surface area contributed by atoms with Crippen molar-refractivity contribution in [2.75, 3.05) is 36.4 Å². The molecule has 32 heavy (non-hydrogen) atoms. The summed E-state index contributed by atoms with van der Waals surface area (Å²) in [5.74, 6) is 1.13. The Kier molecular flexibility index (Phi) is 5.79. The summed E-state index contributed by atoms with van der Waals surface area (Å²) in [5, 5.41) is 2.92. The zero-order chi connectivity index (χ0) is 23.0. The van der Waals surface area contributed by atoms with E-state index in [1.807, 2.05) is 46.8 Å². The Labute approximate surface area is 189 Å². The van der Waals surface area contributed by atoms with E-state index < -0.39 is 5.60 Å². The lowest BCUT2D eigenvalue weighted by molar-refractivity contribution is 0.0282. The number of ether oxygens (including phenoxy) is 1. The largest absolute Gasteiger partial charge is 0.444 e. The van der Waals surface area contributed by atoms with Crippen LogP contribution in [0, 0.1) is 25.7 Å². The molecule has 2 aliphatic heterocycles. The van der Waals surface area contributed by atoms with Crippen LogP contribution in [0.2, 0.25) is 0 Å². The van der Waals surface area contributed by atoms with Gasteiger partial charge in [0.1, 0.15) is 17.1 Å². The number of amides is 2. The molecule has 0 radical (unpaired) electrons. The molecular formula is C24H31N5O3. The number of benzene rings is 1. The van der Waals surface area contributed by atoms with Gasteiger partial charge in [-0.3, -0.25) is 9.78 Å². The fourth-order valence-corrected chi connectivity index (χ4v) is 4.52. The molecule has 8 nitrogen and oxygen atoms in total. The first-order chi connectivity index (χ1) is 15.1. The molecule has 2 aliphatic rings. The van der Waals surface area contributed by atoms with Gasteiger partial charge in [-0.15, -0.1) is 0 Å². The maximum absolute atomic E-state index is 12.7. The SMILES string of the molecule is Cc1cc(C)cc(NC(=O)c2cncc(N3CC4CN(C(=O)OC(C)(C)C)CC4C3)n2)c1. The number of carbonyl (C=O) groups excluding carboxylic acids is 2. The lowest BCUT2D eigenvalue weighted by atomic mass is 10.0. The number of fused-ring (bicyclic) bond motifs is 1. The third-order valence-corrected chi connectivity index (χ3v) is 5.80. The second kappa shape index (κ2) is 8.41.